The maximum atomic E-state index is 12.2. The smallest absolute Gasteiger partial charge is 0.340 e. The van der Waals surface area contributed by atoms with Crippen LogP contribution >= 0.6 is 31.9 Å². The van der Waals surface area contributed by atoms with Crippen molar-refractivity contribution in [3.63, 3.8) is 0 Å². The summed E-state index contributed by atoms with van der Waals surface area (Å²) in [5.74, 6) is -0.777. The van der Waals surface area contributed by atoms with E-state index in [9.17, 15) is 4.79 Å². The summed E-state index contributed by atoms with van der Waals surface area (Å²) >= 11 is 6.79. The number of carbonyl (C=O) groups is 1. The van der Waals surface area contributed by atoms with Gasteiger partial charge in [0.2, 0.25) is 5.88 Å². The minimum atomic E-state index is -0.474. The average Bonchev–Trinajstić information content (AvgIpc) is 2.42. The van der Waals surface area contributed by atoms with Crippen molar-refractivity contribution < 1.29 is 14.3 Å². The van der Waals surface area contributed by atoms with Gasteiger partial charge in [0.25, 0.3) is 0 Å². The molecule has 1 aromatic rings. The molecular weight excluding hydrogens is 402 g/mol. The Kier molecular flexibility index (Phi) is 5.11. The highest BCUT2D eigenvalue weighted by molar-refractivity contribution is 9.14. The van der Waals surface area contributed by atoms with E-state index in [1.54, 1.807) is 6.92 Å². The van der Waals surface area contributed by atoms with Crippen molar-refractivity contribution in [2.24, 2.45) is 5.73 Å². The number of halogens is 2. The number of hydrogen-bond donors (Lipinski definition) is 1. The van der Waals surface area contributed by atoms with Gasteiger partial charge in [-0.25, -0.2) is 4.79 Å². The van der Waals surface area contributed by atoms with E-state index in [-0.39, 0.29) is 18.4 Å². The summed E-state index contributed by atoms with van der Waals surface area (Å²) < 4.78 is 11.6. The zero-order valence-electron chi connectivity index (χ0n) is 11.7. The van der Waals surface area contributed by atoms with Crippen LogP contribution in [0.15, 0.2) is 44.9 Å². The van der Waals surface area contributed by atoms with Gasteiger partial charge in [0, 0.05) is 0 Å². The van der Waals surface area contributed by atoms with E-state index in [1.165, 1.54) is 0 Å². The number of benzene rings is 1. The third-order valence-corrected chi connectivity index (χ3v) is 5.00. The fourth-order valence-electron chi connectivity index (χ4n) is 2.17. The molecule has 1 aromatic carbocycles. The van der Waals surface area contributed by atoms with Gasteiger partial charge < -0.3 is 15.2 Å². The van der Waals surface area contributed by atoms with Crippen LogP contribution in [0.3, 0.4) is 0 Å². The molecule has 0 spiro atoms. The molecule has 0 saturated carbocycles. The molecule has 1 unspecified atom stereocenters. The molecule has 0 saturated heterocycles. The van der Waals surface area contributed by atoms with Crippen molar-refractivity contribution in [1.82, 2.24) is 0 Å². The Morgan fingerprint density at radius 1 is 1.43 bits per heavy atom. The van der Waals surface area contributed by atoms with Crippen molar-refractivity contribution in [3.8, 4) is 0 Å². The number of carbonyl (C=O) groups excluding carboxylic acids is 1. The third kappa shape index (κ3) is 3.32. The Morgan fingerprint density at radius 2 is 2.14 bits per heavy atom. The number of nitrogens with two attached hydrogens (primary N) is 1. The number of hydrogen-bond acceptors (Lipinski definition) is 4. The van der Waals surface area contributed by atoms with Crippen LogP contribution < -0.4 is 5.73 Å². The molecule has 1 aliphatic rings. The number of rotatable bonds is 3. The van der Waals surface area contributed by atoms with Crippen LogP contribution in [0.4, 0.5) is 0 Å². The van der Waals surface area contributed by atoms with Crippen LogP contribution in [0.1, 0.15) is 24.0 Å². The molecule has 1 heterocycles. The maximum Gasteiger partial charge on any atom is 0.340 e. The first kappa shape index (κ1) is 16.1. The van der Waals surface area contributed by atoms with Crippen LogP contribution in [-0.4, -0.2) is 12.6 Å². The Balaban J connectivity index is 2.55. The molecule has 0 aromatic heterocycles. The van der Waals surface area contributed by atoms with Gasteiger partial charge in [-0.15, -0.1) is 0 Å². The Labute approximate surface area is 140 Å². The summed E-state index contributed by atoms with van der Waals surface area (Å²) in [6.45, 7) is 4.02. The molecule has 2 rings (SSSR count). The first-order chi connectivity index (χ1) is 9.95. The summed E-state index contributed by atoms with van der Waals surface area (Å²) in [6, 6.07) is 7.88. The molecule has 1 aliphatic heterocycles. The number of esters is 1. The van der Waals surface area contributed by atoms with E-state index >= 15 is 0 Å². The molecular formula is C15H15Br2NO3. The van der Waals surface area contributed by atoms with Gasteiger partial charge in [0.05, 0.1) is 17.0 Å². The quantitative estimate of drug-likeness (QED) is 0.761. The summed E-state index contributed by atoms with van der Waals surface area (Å²) in [5.41, 5.74) is 8.24. The second kappa shape index (κ2) is 6.66. The van der Waals surface area contributed by atoms with Gasteiger partial charge in [-0.05, 0) is 51.3 Å². The SMILES string of the molecule is CCOC(=O)C1=C(N)OC(Br)=C(Br)C1c1cccc(C)c1. The first-order valence-electron chi connectivity index (χ1n) is 6.42. The predicted molar refractivity (Wildman–Crippen MR) is 87.7 cm³/mol. The van der Waals surface area contributed by atoms with Gasteiger partial charge in [-0.3, -0.25) is 0 Å². The van der Waals surface area contributed by atoms with E-state index < -0.39 is 5.97 Å². The number of aryl methyl sites for hydroxylation is 1. The summed E-state index contributed by atoms with van der Waals surface area (Å²) in [6.07, 6.45) is 0. The molecule has 0 amide bonds. The van der Waals surface area contributed by atoms with Crippen molar-refractivity contribution in [2.75, 3.05) is 6.61 Å². The van der Waals surface area contributed by atoms with E-state index in [0.29, 0.717) is 14.7 Å². The molecule has 21 heavy (non-hydrogen) atoms. The number of ether oxygens (including phenoxy) is 2. The normalized spacial score (nSPS) is 18.6. The van der Waals surface area contributed by atoms with Gasteiger partial charge in [0.1, 0.15) is 5.57 Å². The molecule has 112 valence electrons. The molecule has 0 fully saturated rings. The van der Waals surface area contributed by atoms with Crippen molar-refractivity contribution in [3.05, 3.63) is 56.0 Å². The Morgan fingerprint density at radius 3 is 2.76 bits per heavy atom. The third-order valence-electron chi connectivity index (χ3n) is 3.07. The topological polar surface area (TPSA) is 61.5 Å². The van der Waals surface area contributed by atoms with Gasteiger partial charge >= 0.3 is 5.97 Å². The lowest BCUT2D eigenvalue weighted by Crippen LogP contribution is -2.25. The lowest BCUT2D eigenvalue weighted by Gasteiger charge is -2.26. The fourth-order valence-corrected chi connectivity index (χ4v) is 3.15. The first-order valence-corrected chi connectivity index (χ1v) is 8.00. The standard InChI is InChI=1S/C15H15Br2NO3/c1-3-20-15(19)11-10(9-6-4-5-8(2)7-9)12(16)13(17)21-14(11)18/h4-7,10H,3,18H2,1-2H3. The van der Waals surface area contributed by atoms with E-state index in [4.69, 9.17) is 15.2 Å². The van der Waals surface area contributed by atoms with Crippen LogP contribution in [0, 0.1) is 6.92 Å². The van der Waals surface area contributed by atoms with Gasteiger partial charge in [-0.1, -0.05) is 29.8 Å². The van der Waals surface area contributed by atoms with Crippen LogP contribution in [-0.2, 0) is 14.3 Å². The van der Waals surface area contributed by atoms with Crippen molar-refractivity contribution in [1.29, 1.82) is 0 Å². The van der Waals surface area contributed by atoms with Gasteiger partial charge in [-0.2, -0.15) is 0 Å². The monoisotopic (exact) mass is 415 g/mol. The molecule has 1 atom stereocenters. The van der Waals surface area contributed by atoms with Crippen molar-refractivity contribution >= 4 is 37.8 Å². The summed E-state index contributed by atoms with van der Waals surface area (Å²) in [7, 11) is 0. The zero-order chi connectivity index (χ0) is 15.6. The molecule has 2 N–H and O–H groups in total. The van der Waals surface area contributed by atoms with Crippen LogP contribution in [0.25, 0.3) is 0 Å². The second-order valence-corrected chi connectivity index (χ2v) is 6.14. The maximum absolute atomic E-state index is 12.2. The highest BCUT2D eigenvalue weighted by atomic mass is 79.9. The van der Waals surface area contributed by atoms with Crippen molar-refractivity contribution in [2.45, 2.75) is 19.8 Å². The summed E-state index contributed by atoms with van der Waals surface area (Å²) in [4.78, 5) is 12.2. The van der Waals surface area contributed by atoms with E-state index in [0.717, 1.165) is 11.1 Å². The summed E-state index contributed by atoms with van der Waals surface area (Å²) in [5, 5.41) is 0. The second-order valence-electron chi connectivity index (χ2n) is 4.57. The lowest BCUT2D eigenvalue weighted by atomic mass is 9.89. The molecule has 0 bridgehead atoms. The minimum Gasteiger partial charge on any atom is -0.462 e. The van der Waals surface area contributed by atoms with E-state index in [1.807, 2.05) is 31.2 Å². The number of allylic oxidation sites excluding steroid dienone is 1. The Hall–Kier alpha value is -1.27. The zero-order valence-corrected chi connectivity index (χ0v) is 14.8. The minimum absolute atomic E-state index is 0.0510. The van der Waals surface area contributed by atoms with Crippen LogP contribution in [0.5, 0.6) is 0 Å². The Bertz CT molecular complexity index is 638. The molecule has 4 nitrogen and oxygen atoms in total. The predicted octanol–water partition coefficient (Wildman–Crippen LogP) is 3.80. The average molecular weight is 417 g/mol. The van der Waals surface area contributed by atoms with Crippen LogP contribution in [0.2, 0.25) is 0 Å². The lowest BCUT2D eigenvalue weighted by molar-refractivity contribution is -0.139. The molecule has 0 aliphatic carbocycles. The fraction of sp³-hybridized carbons (Fsp3) is 0.267. The molecule has 6 heteroatoms. The highest BCUT2D eigenvalue weighted by Gasteiger charge is 2.35. The highest BCUT2D eigenvalue weighted by Crippen LogP contribution is 2.44. The largest absolute Gasteiger partial charge is 0.462 e. The molecule has 0 radical (unpaired) electrons. The van der Waals surface area contributed by atoms with Gasteiger partial charge in [0.15, 0.2) is 4.67 Å². The van der Waals surface area contributed by atoms with E-state index in [2.05, 4.69) is 31.9 Å².